The molecule has 0 aliphatic heterocycles. The highest BCUT2D eigenvalue weighted by molar-refractivity contribution is 6.06. The van der Waals surface area contributed by atoms with E-state index in [9.17, 15) is 9.18 Å². The van der Waals surface area contributed by atoms with Gasteiger partial charge in [-0.15, -0.1) is 0 Å². The summed E-state index contributed by atoms with van der Waals surface area (Å²) in [6.07, 6.45) is 7.95. The van der Waals surface area contributed by atoms with Gasteiger partial charge in [0.2, 0.25) is 0 Å². The van der Waals surface area contributed by atoms with E-state index in [1.807, 2.05) is 47.2 Å². The molecule has 1 aliphatic rings. The van der Waals surface area contributed by atoms with Crippen molar-refractivity contribution in [2.45, 2.75) is 38.6 Å². The standard InChI is InChI=1S/C26H26FN3O/c27-21-14-20-12-13-30(17-22-11-10-19-8-4-5-9-24(19)29-22)25(20)23(15-21)26(31)28-16-18-6-2-1-3-7-18/h4-5,8-15,18H,1-3,6-7,16-17H2,(H,28,31). The van der Waals surface area contributed by atoms with E-state index < -0.39 is 5.82 Å². The predicted octanol–water partition coefficient (Wildman–Crippen LogP) is 5.69. The summed E-state index contributed by atoms with van der Waals surface area (Å²) in [4.78, 5) is 17.8. The first-order chi connectivity index (χ1) is 15.2. The summed E-state index contributed by atoms with van der Waals surface area (Å²) in [5.41, 5.74) is 2.97. The lowest BCUT2D eigenvalue weighted by Gasteiger charge is -2.22. The van der Waals surface area contributed by atoms with Crippen LogP contribution >= 0.6 is 0 Å². The number of hydrogen-bond acceptors (Lipinski definition) is 2. The molecule has 1 fully saturated rings. The summed E-state index contributed by atoms with van der Waals surface area (Å²) in [5.74, 6) is -0.0753. The molecule has 4 aromatic rings. The van der Waals surface area contributed by atoms with Crippen LogP contribution < -0.4 is 5.32 Å². The van der Waals surface area contributed by atoms with E-state index in [-0.39, 0.29) is 5.91 Å². The van der Waals surface area contributed by atoms with Crippen LogP contribution in [-0.2, 0) is 6.54 Å². The molecule has 4 nitrogen and oxygen atoms in total. The van der Waals surface area contributed by atoms with Gasteiger partial charge in [0.15, 0.2) is 0 Å². The van der Waals surface area contributed by atoms with Crippen LogP contribution in [0.4, 0.5) is 4.39 Å². The van der Waals surface area contributed by atoms with Gasteiger partial charge >= 0.3 is 0 Å². The van der Waals surface area contributed by atoms with Crippen LogP contribution in [0.5, 0.6) is 0 Å². The lowest BCUT2D eigenvalue weighted by molar-refractivity contribution is 0.0944. The molecule has 0 spiro atoms. The van der Waals surface area contributed by atoms with Gasteiger partial charge in [0.05, 0.1) is 28.8 Å². The van der Waals surface area contributed by atoms with Crippen LogP contribution in [0, 0.1) is 11.7 Å². The Hall–Kier alpha value is -3.21. The SMILES string of the molecule is O=C(NCC1CCCCC1)c1cc(F)cc2ccn(Cc3ccc4ccccc4n3)c12. The minimum atomic E-state index is -0.392. The van der Waals surface area contributed by atoms with Crippen molar-refractivity contribution in [3.8, 4) is 0 Å². The number of aromatic nitrogens is 2. The number of carbonyl (C=O) groups is 1. The van der Waals surface area contributed by atoms with Gasteiger partial charge in [0.25, 0.3) is 5.91 Å². The van der Waals surface area contributed by atoms with Gasteiger partial charge in [0, 0.05) is 23.5 Å². The minimum absolute atomic E-state index is 0.207. The Morgan fingerprint density at radius 2 is 1.87 bits per heavy atom. The maximum absolute atomic E-state index is 14.3. The first-order valence-corrected chi connectivity index (χ1v) is 11.1. The summed E-state index contributed by atoms with van der Waals surface area (Å²) < 4.78 is 16.2. The van der Waals surface area contributed by atoms with Gasteiger partial charge in [-0.05, 0) is 49.1 Å². The Bertz CT molecular complexity index is 1240. The molecule has 5 rings (SSSR count). The van der Waals surface area contributed by atoms with Crippen molar-refractivity contribution in [1.29, 1.82) is 0 Å². The molecule has 0 radical (unpaired) electrons. The third-order valence-corrected chi connectivity index (χ3v) is 6.33. The van der Waals surface area contributed by atoms with E-state index in [2.05, 4.69) is 11.4 Å². The Balaban J connectivity index is 1.44. The normalized spacial score (nSPS) is 14.9. The number of carbonyl (C=O) groups excluding carboxylic acids is 1. The molecule has 0 unspecified atom stereocenters. The molecule has 0 saturated heterocycles. The van der Waals surface area contributed by atoms with Crippen LogP contribution in [-0.4, -0.2) is 22.0 Å². The highest BCUT2D eigenvalue weighted by Crippen LogP contribution is 2.25. The number of pyridine rings is 1. The summed E-state index contributed by atoms with van der Waals surface area (Å²) in [6.45, 7) is 1.17. The molecule has 0 bridgehead atoms. The first kappa shape index (κ1) is 19.7. The molecule has 5 heteroatoms. The Morgan fingerprint density at radius 3 is 2.74 bits per heavy atom. The number of nitrogens with one attached hydrogen (secondary N) is 1. The van der Waals surface area contributed by atoms with Crippen LogP contribution in [0.3, 0.4) is 0 Å². The van der Waals surface area contributed by atoms with E-state index in [0.717, 1.165) is 40.3 Å². The fourth-order valence-corrected chi connectivity index (χ4v) is 4.71. The Morgan fingerprint density at radius 1 is 1.03 bits per heavy atom. The van der Waals surface area contributed by atoms with E-state index in [4.69, 9.17) is 4.98 Å². The average molecular weight is 416 g/mol. The number of fused-ring (bicyclic) bond motifs is 2. The second-order valence-corrected chi connectivity index (χ2v) is 8.54. The zero-order valence-corrected chi connectivity index (χ0v) is 17.5. The maximum Gasteiger partial charge on any atom is 0.253 e. The van der Waals surface area contributed by atoms with Crippen molar-refractivity contribution in [1.82, 2.24) is 14.9 Å². The predicted molar refractivity (Wildman–Crippen MR) is 122 cm³/mol. The van der Waals surface area contributed by atoms with Crippen LogP contribution in [0.25, 0.3) is 21.8 Å². The third kappa shape index (κ3) is 4.18. The number of hydrogen-bond donors (Lipinski definition) is 1. The molecule has 0 atom stereocenters. The molecule has 158 valence electrons. The Labute approximate surface area is 181 Å². The molecule has 2 heterocycles. The Kier molecular flexibility index (Phi) is 5.41. The largest absolute Gasteiger partial charge is 0.352 e. The van der Waals surface area contributed by atoms with Crippen molar-refractivity contribution in [3.05, 3.63) is 77.9 Å². The van der Waals surface area contributed by atoms with Crippen molar-refractivity contribution in [3.63, 3.8) is 0 Å². The first-order valence-electron chi connectivity index (χ1n) is 11.1. The fourth-order valence-electron chi connectivity index (χ4n) is 4.71. The number of para-hydroxylation sites is 1. The van der Waals surface area contributed by atoms with Gasteiger partial charge in [-0.2, -0.15) is 0 Å². The molecule has 2 aromatic heterocycles. The highest BCUT2D eigenvalue weighted by atomic mass is 19.1. The van der Waals surface area contributed by atoms with E-state index in [1.165, 1.54) is 31.4 Å². The third-order valence-electron chi connectivity index (χ3n) is 6.33. The monoisotopic (exact) mass is 415 g/mol. The van der Waals surface area contributed by atoms with E-state index in [1.54, 1.807) is 0 Å². The molecule has 1 N–H and O–H groups in total. The molecule has 1 aliphatic carbocycles. The molecule has 31 heavy (non-hydrogen) atoms. The number of amides is 1. The van der Waals surface area contributed by atoms with Gasteiger partial charge < -0.3 is 9.88 Å². The number of rotatable bonds is 5. The fraction of sp³-hybridized carbons (Fsp3) is 0.308. The second-order valence-electron chi connectivity index (χ2n) is 8.54. The summed E-state index contributed by atoms with van der Waals surface area (Å²) >= 11 is 0. The number of nitrogens with zero attached hydrogens (tertiary/aromatic N) is 2. The lowest BCUT2D eigenvalue weighted by atomic mass is 9.89. The van der Waals surface area contributed by atoms with E-state index in [0.29, 0.717) is 24.6 Å². The molecular weight excluding hydrogens is 389 g/mol. The van der Waals surface area contributed by atoms with Crippen molar-refractivity contribution in [2.24, 2.45) is 5.92 Å². The van der Waals surface area contributed by atoms with Gasteiger partial charge in [-0.3, -0.25) is 9.78 Å². The lowest BCUT2D eigenvalue weighted by Crippen LogP contribution is -2.30. The molecule has 2 aromatic carbocycles. The molecular formula is C26H26FN3O. The quantitative estimate of drug-likeness (QED) is 0.455. The summed E-state index contributed by atoms with van der Waals surface area (Å²) in [6, 6.07) is 16.7. The van der Waals surface area contributed by atoms with Crippen LogP contribution in [0.15, 0.2) is 60.8 Å². The average Bonchev–Trinajstić information content (AvgIpc) is 3.19. The zero-order valence-electron chi connectivity index (χ0n) is 17.5. The van der Waals surface area contributed by atoms with E-state index >= 15 is 0 Å². The topological polar surface area (TPSA) is 46.9 Å². The summed E-state index contributed by atoms with van der Waals surface area (Å²) in [5, 5.41) is 4.88. The van der Waals surface area contributed by atoms with Crippen molar-refractivity contribution < 1.29 is 9.18 Å². The number of benzene rings is 2. The van der Waals surface area contributed by atoms with Crippen molar-refractivity contribution in [2.75, 3.05) is 6.54 Å². The van der Waals surface area contributed by atoms with Gasteiger partial charge in [-0.1, -0.05) is 43.5 Å². The highest BCUT2D eigenvalue weighted by Gasteiger charge is 2.19. The summed E-state index contributed by atoms with van der Waals surface area (Å²) in [7, 11) is 0. The smallest absolute Gasteiger partial charge is 0.253 e. The van der Waals surface area contributed by atoms with Crippen LogP contribution in [0.2, 0.25) is 0 Å². The second kappa shape index (κ2) is 8.50. The van der Waals surface area contributed by atoms with Gasteiger partial charge in [0.1, 0.15) is 5.82 Å². The minimum Gasteiger partial charge on any atom is -0.352 e. The number of halogens is 1. The zero-order chi connectivity index (χ0) is 21.2. The van der Waals surface area contributed by atoms with Gasteiger partial charge in [-0.25, -0.2) is 4.39 Å². The van der Waals surface area contributed by atoms with Crippen LogP contribution in [0.1, 0.15) is 48.2 Å². The van der Waals surface area contributed by atoms with Crippen molar-refractivity contribution >= 4 is 27.7 Å². The molecule has 1 saturated carbocycles. The maximum atomic E-state index is 14.3. The molecule has 1 amide bonds.